The summed E-state index contributed by atoms with van der Waals surface area (Å²) in [6.07, 6.45) is 1.79. The van der Waals surface area contributed by atoms with E-state index in [0.717, 1.165) is 16.6 Å². The Hall–Kier alpha value is -1.56. The van der Waals surface area contributed by atoms with E-state index < -0.39 is 9.84 Å². The highest BCUT2D eigenvalue weighted by Crippen LogP contribution is 2.19. The van der Waals surface area contributed by atoms with Gasteiger partial charge in [0.2, 0.25) is 5.95 Å². The number of hydrogen-bond acceptors (Lipinski definition) is 4. The summed E-state index contributed by atoms with van der Waals surface area (Å²) >= 11 is 0. The Balaban J connectivity index is 2.27. The van der Waals surface area contributed by atoms with E-state index in [9.17, 15) is 8.42 Å². The molecule has 5 nitrogen and oxygen atoms in total. The second kappa shape index (κ2) is 4.61. The van der Waals surface area contributed by atoms with Crippen LogP contribution >= 0.6 is 0 Å². The molecule has 0 aliphatic rings. The molecule has 0 aliphatic heterocycles. The van der Waals surface area contributed by atoms with Crippen LogP contribution in [0.5, 0.6) is 0 Å². The van der Waals surface area contributed by atoms with Gasteiger partial charge < -0.3 is 10.3 Å². The minimum Gasteiger partial charge on any atom is -0.369 e. The predicted molar refractivity (Wildman–Crippen MR) is 73.2 cm³/mol. The van der Waals surface area contributed by atoms with Gasteiger partial charge >= 0.3 is 0 Å². The van der Waals surface area contributed by atoms with Crippen LogP contribution in [0.25, 0.3) is 11.0 Å². The van der Waals surface area contributed by atoms with Gasteiger partial charge in [0.25, 0.3) is 0 Å². The molecular formula is C12H17N3O2S. The molecule has 0 unspecified atom stereocenters. The Bertz CT molecular complexity index is 674. The number of benzene rings is 1. The molecule has 0 saturated carbocycles. The first kappa shape index (κ1) is 12.9. The highest BCUT2D eigenvalue weighted by molar-refractivity contribution is 7.90. The van der Waals surface area contributed by atoms with E-state index in [1.54, 1.807) is 0 Å². The average Bonchev–Trinajstić information content (AvgIpc) is 2.54. The average molecular weight is 267 g/mol. The summed E-state index contributed by atoms with van der Waals surface area (Å²) in [7, 11) is -2.93. The number of imidazole rings is 1. The van der Waals surface area contributed by atoms with Gasteiger partial charge in [0.1, 0.15) is 9.84 Å². The smallest absolute Gasteiger partial charge is 0.201 e. The Morgan fingerprint density at radius 2 is 2.11 bits per heavy atom. The molecule has 1 aromatic heterocycles. The molecule has 0 saturated heterocycles. The highest BCUT2D eigenvalue weighted by atomic mass is 32.2. The van der Waals surface area contributed by atoms with Gasteiger partial charge in [-0.2, -0.15) is 0 Å². The number of sulfone groups is 1. The van der Waals surface area contributed by atoms with Crippen LogP contribution in [0.4, 0.5) is 5.95 Å². The molecule has 0 radical (unpaired) electrons. The minimum absolute atomic E-state index is 0.165. The SMILES string of the molecule is Cc1ccc2nc(N)n(CCCS(C)(=O)=O)c2c1. The first-order chi connectivity index (χ1) is 8.37. The van der Waals surface area contributed by atoms with Gasteiger partial charge in [0, 0.05) is 12.8 Å². The highest BCUT2D eigenvalue weighted by Gasteiger charge is 2.09. The zero-order valence-corrected chi connectivity index (χ0v) is 11.4. The van der Waals surface area contributed by atoms with Crippen molar-refractivity contribution < 1.29 is 8.42 Å². The van der Waals surface area contributed by atoms with Crippen LogP contribution < -0.4 is 5.73 Å². The fourth-order valence-electron chi connectivity index (χ4n) is 1.97. The lowest BCUT2D eigenvalue weighted by Crippen LogP contribution is -2.09. The Labute approximate surface area is 107 Å². The van der Waals surface area contributed by atoms with Crippen molar-refractivity contribution in [3.8, 4) is 0 Å². The molecule has 2 N–H and O–H groups in total. The maximum atomic E-state index is 11.1. The largest absolute Gasteiger partial charge is 0.369 e. The summed E-state index contributed by atoms with van der Waals surface area (Å²) in [5.74, 6) is 0.599. The number of nitrogens with two attached hydrogens (primary N) is 1. The lowest BCUT2D eigenvalue weighted by molar-refractivity contribution is 0.594. The molecule has 0 fully saturated rings. The number of rotatable bonds is 4. The van der Waals surface area contributed by atoms with E-state index in [4.69, 9.17) is 5.73 Å². The van der Waals surface area contributed by atoms with Gasteiger partial charge in [-0.25, -0.2) is 13.4 Å². The van der Waals surface area contributed by atoms with Gasteiger partial charge in [-0.3, -0.25) is 0 Å². The molecule has 2 aromatic rings. The Kier molecular flexibility index (Phi) is 3.30. The standard InChI is InChI=1S/C12H17N3O2S/c1-9-4-5-10-11(8-9)15(12(13)14-10)6-3-7-18(2,16)17/h4-5,8H,3,6-7H2,1-2H3,(H2,13,14). The number of fused-ring (bicyclic) bond motifs is 1. The van der Waals surface area contributed by atoms with Gasteiger partial charge in [-0.1, -0.05) is 6.07 Å². The summed E-state index contributed by atoms with van der Waals surface area (Å²) in [6, 6.07) is 5.92. The van der Waals surface area contributed by atoms with E-state index >= 15 is 0 Å². The number of anilines is 1. The molecule has 2 rings (SSSR count). The Morgan fingerprint density at radius 1 is 1.39 bits per heavy atom. The van der Waals surface area contributed by atoms with Crippen LogP contribution in [0.15, 0.2) is 18.2 Å². The maximum Gasteiger partial charge on any atom is 0.201 e. The molecule has 1 heterocycles. The summed E-state index contributed by atoms with van der Waals surface area (Å²) < 4.78 is 24.1. The summed E-state index contributed by atoms with van der Waals surface area (Å²) in [5, 5.41) is 0. The fraction of sp³-hybridized carbons (Fsp3) is 0.417. The van der Waals surface area contributed by atoms with E-state index in [1.807, 2.05) is 29.7 Å². The van der Waals surface area contributed by atoms with Crippen molar-refractivity contribution in [3.63, 3.8) is 0 Å². The third-order valence-electron chi connectivity index (χ3n) is 2.83. The molecule has 0 amide bonds. The summed E-state index contributed by atoms with van der Waals surface area (Å²) in [6.45, 7) is 2.57. The monoisotopic (exact) mass is 267 g/mol. The molecule has 0 atom stereocenters. The minimum atomic E-state index is -2.93. The fourth-order valence-corrected chi connectivity index (χ4v) is 2.62. The van der Waals surface area contributed by atoms with Gasteiger partial charge in [0.15, 0.2) is 0 Å². The van der Waals surface area contributed by atoms with Crippen LogP contribution in [0, 0.1) is 6.92 Å². The van der Waals surface area contributed by atoms with Gasteiger partial charge in [0.05, 0.1) is 16.8 Å². The molecular weight excluding hydrogens is 250 g/mol. The van der Waals surface area contributed by atoms with Crippen molar-refractivity contribution in [2.75, 3.05) is 17.7 Å². The van der Waals surface area contributed by atoms with Crippen LogP contribution in [-0.4, -0.2) is 30.0 Å². The Morgan fingerprint density at radius 3 is 2.78 bits per heavy atom. The van der Waals surface area contributed by atoms with Crippen LogP contribution in [-0.2, 0) is 16.4 Å². The molecule has 98 valence electrons. The van der Waals surface area contributed by atoms with Crippen LogP contribution in [0.2, 0.25) is 0 Å². The van der Waals surface area contributed by atoms with Crippen molar-refractivity contribution >= 4 is 26.8 Å². The van der Waals surface area contributed by atoms with E-state index in [2.05, 4.69) is 4.98 Å². The first-order valence-electron chi connectivity index (χ1n) is 5.77. The molecule has 0 spiro atoms. The van der Waals surface area contributed by atoms with E-state index in [-0.39, 0.29) is 5.75 Å². The molecule has 0 aliphatic carbocycles. The maximum absolute atomic E-state index is 11.1. The van der Waals surface area contributed by atoms with Crippen molar-refractivity contribution in [2.45, 2.75) is 19.9 Å². The third-order valence-corrected chi connectivity index (χ3v) is 3.86. The number of aryl methyl sites for hydroxylation is 2. The lowest BCUT2D eigenvalue weighted by atomic mass is 10.2. The van der Waals surface area contributed by atoms with Crippen molar-refractivity contribution in [1.82, 2.24) is 9.55 Å². The van der Waals surface area contributed by atoms with E-state index in [1.165, 1.54) is 6.26 Å². The quantitative estimate of drug-likeness (QED) is 0.907. The number of hydrogen-bond donors (Lipinski definition) is 1. The zero-order chi connectivity index (χ0) is 13.3. The molecule has 0 bridgehead atoms. The number of nitrogens with zero attached hydrogens (tertiary/aromatic N) is 2. The van der Waals surface area contributed by atoms with E-state index in [0.29, 0.717) is 18.9 Å². The second-order valence-electron chi connectivity index (χ2n) is 4.60. The van der Waals surface area contributed by atoms with Crippen molar-refractivity contribution in [3.05, 3.63) is 23.8 Å². The van der Waals surface area contributed by atoms with Crippen LogP contribution in [0.3, 0.4) is 0 Å². The number of nitrogen functional groups attached to an aromatic ring is 1. The summed E-state index contributed by atoms with van der Waals surface area (Å²) in [4.78, 5) is 4.26. The van der Waals surface area contributed by atoms with Crippen LogP contribution in [0.1, 0.15) is 12.0 Å². The van der Waals surface area contributed by atoms with Gasteiger partial charge in [-0.15, -0.1) is 0 Å². The molecule has 6 heteroatoms. The van der Waals surface area contributed by atoms with Crippen molar-refractivity contribution in [1.29, 1.82) is 0 Å². The predicted octanol–water partition coefficient (Wildman–Crippen LogP) is 1.36. The van der Waals surface area contributed by atoms with Crippen molar-refractivity contribution in [2.24, 2.45) is 0 Å². The normalized spacial score (nSPS) is 12.1. The third kappa shape index (κ3) is 2.81. The molecule has 18 heavy (non-hydrogen) atoms. The topological polar surface area (TPSA) is 78.0 Å². The molecule has 1 aromatic carbocycles. The summed E-state index contributed by atoms with van der Waals surface area (Å²) in [5.41, 5.74) is 8.79. The zero-order valence-electron chi connectivity index (χ0n) is 10.5. The lowest BCUT2D eigenvalue weighted by Gasteiger charge is -2.06. The second-order valence-corrected chi connectivity index (χ2v) is 6.86. The first-order valence-corrected chi connectivity index (χ1v) is 7.83. The van der Waals surface area contributed by atoms with Gasteiger partial charge in [-0.05, 0) is 31.0 Å². The number of aromatic nitrogens is 2.